The number of nitrogens with zero attached hydrogens (tertiary/aromatic N) is 2. The van der Waals surface area contributed by atoms with E-state index in [1.807, 2.05) is 6.07 Å². The summed E-state index contributed by atoms with van der Waals surface area (Å²) in [5, 5.41) is 14.3. The predicted octanol–water partition coefficient (Wildman–Crippen LogP) is 13.1. The van der Waals surface area contributed by atoms with Crippen LogP contribution in [0.25, 0.3) is 54.9 Å². The molecule has 0 atom stereocenters. The zero-order valence-electron chi connectivity index (χ0n) is 29.4. The number of aliphatic imine (C=N–C) groups is 1. The molecule has 1 aliphatic rings. The minimum Gasteiger partial charge on any atom is -0.248 e. The highest BCUT2D eigenvalue weighted by molar-refractivity contribution is 6.18. The highest BCUT2D eigenvalue weighted by Gasteiger charge is 2.35. The molecule has 0 heterocycles. The zero-order valence-corrected chi connectivity index (χ0v) is 29.4. The van der Waals surface area contributed by atoms with Crippen LogP contribution in [0.5, 0.6) is 0 Å². The summed E-state index contributed by atoms with van der Waals surface area (Å²) >= 11 is 0. The van der Waals surface area contributed by atoms with Crippen molar-refractivity contribution < 1.29 is 0 Å². The van der Waals surface area contributed by atoms with Gasteiger partial charge in [0, 0.05) is 11.0 Å². The molecule has 51 heavy (non-hydrogen) atoms. The maximum absolute atomic E-state index is 9.58. The molecular formula is C49H38N2. The molecule has 0 spiro atoms. The van der Waals surface area contributed by atoms with Gasteiger partial charge in [0.2, 0.25) is 0 Å². The van der Waals surface area contributed by atoms with Crippen LogP contribution >= 0.6 is 0 Å². The number of fused-ring (bicyclic) bond motifs is 5. The van der Waals surface area contributed by atoms with Gasteiger partial charge < -0.3 is 0 Å². The summed E-state index contributed by atoms with van der Waals surface area (Å²) in [6.45, 7) is 8.66. The summed E-state index contributed by atoms with van der Waals surface area (Å²) in [6.07, 6.45) is 6.36. The molecule has 0 unspecified atom stereocenters. The van der Waals surface area contributed by atoms with Gasteiger partial charge in [-0.15, -0.1) is 0 Å². The van der Waals surface area contributed by atoms with Crippen molar-refractivity contribution in [3.8, 4) is 39.4 Å². The van der Waals surface area contributed by atoms with Gasteiger partial charge in [-0.25, -0.2) is 4.99 Å². The third-order valence-electron chi connectivity index (χ3n) is 10.4. The number of hydrogen-bond donors (Lipinski definition) is 0. The molecule has 0 bridgehead atoms. The normalized spacial score (nSPS) is 13.8. The number of rotatable bonds is 6. The average molecular weight is 655 g/mol. The molecule has 7 aromatic carbocycles. The lowest BCUT2D eigenvalue weighted by Gasteiger charge is -2.22. The van der Waals surface area contributed by atoms with E-state index >= 15 is 0 Å². The fraction of sp³-hybridized carbons (Fsp3) is 0.102. The van der Waals surface area contributed by atoms with E-state index in [2.05, 4.69) is 185 Å². The second-order valence-corrected chi connectivity index (χ2v) is 13.8. The van der Waals surface area contributed by atoms with Gasteiger partial charge in [-0.3, -0.25) is 0 Å². The van der Waals surface area contributed by atoms with Crippen molar-refractivity contribution >= 4 is 32.9 Å². The fourth-order valence-electron chi connectivity index (χ4n) is 7.70. The zero-order chi connectivity index (χ0) is 35.1. The fourth-order valence-corrected chi connectivity index (χ4v) is 7.70. The summed E-state index contributed by atoms with van der Waals surface area (Å²) in [6, 6.07) is 52.2. The monoisotopic (exact) mass is 654 g/mol. The third kappa shape index (κ3) is 5.68. The van der Waals surface area contributed by atoms with Crippen molar-refractivity contribution in [1.82, 2.24) is 0 Å². The van der Waals surface area contributed by atoms with Crippen molar-refractivity contribution in [2.45, 2.75) is 33.1 Å². The Labute approximate surface area is 300 Å². The molecule has 0 N–H and O–H groups in total. The lowest BCUT2D eigenvalue weighted by molar-refractivity contribution is 0.660. The smallest absolute Gasteiger partial charge is 0.0991 e. The minimum absolute atomic E-state index is 0.201. The second kappa shape index (κ2) is 12.9. The second-order valence-electron chi connectivity index (χ2n) is 13.8. The van der Waals surface area contributed by atoms with E-state index in [1.54, 1.807) is 0 Å². The van der Waals surface area contributed by atoms with Crippen LogP contribution in [-0.4, -0.2) is 5.71 Å². The molecule has 0 aromatic heterocycles. The van der Waals surface area contributed by atoms with Gasteiger partial charge in [0.05, 0.1) is 23.0 Å². The van der Waals surface area contributed by atoms with E-state index in [4.69, 9.17) is 4.99 Å². The number of benzene rings is 7. The van der Waals surface area contributed by atoms with Crippen molar-refractivity contribution in [2.75, 3.05) is 0 Å². The van der Waals surface area contributed by atoms with Gasteiger partial charge in [-0.2, -0.15) is 5.26 Å². The van der Waals surface area contributed by atoms with Gasteiger partial charge in [-0.05, 0) is 134 Å². The first kappa shape index (κ1) is 31.9. The minimum atomic E-state index is -0.201. The molecule has 0 fully saturated rings. The number of hydrogen-bond acceptors (Lipinski definition) is 2. The van der Waals surface area contributed by atoms with E-state index in [0.29, 0.717) is 5.56 Å². The van der Waals surface area contributed by atoms with Gasteiger partial charge in [0.1, 0.15) is 0 Å². The topological polar surface area (TPSA) is 36.1 Å². The largest absolute Gasteiger partial charge is 0.248 e. The maximum Gasteiger partial charge on any atom is 0.0991 e. The Bertz CT molecular complexity index is 2640. The average Bonchev–Trinajstić information content (AvgIpc) is 3.40. The van der Waals surface area contributed by atoms with Crippen LogP contribution in [0.1, 0.15) is 49.9 Å². The number of allylic oxidation sites excluding steroid dienone is 4. The molecule has 244 valence electrons. The van der Waals surface area contributed by atoms with Gasteiger partial charge in [-0.1, -0.05) is 123 Å². The third-order valence-corrected chi connectivity index (χ3v) is 10.4. The highest BCUT2D eigenvalue weighted by atomic mass is 14.7. The van der Waals surface area contributed by atoms with E-state index in [9.17, 15) is 5.26 Å². The Kier molecular flexibility index (Phi) is 8.06. The summed E-state index contributed by atoms with van der Waals surface area (Å²) in [4.78, 5) is 5.33. The van der Waals surface area contributed by atoms with Crippen LogP contribution in [0, 0.1) is 11.3 Å². The Hall–Kier alpha value is -6.30. The lowest BCUT2D eigenvalue weighted by Crippen LogP contribution is -2.15. The van der Waals surface area contributed by atoms with Crippen LogP contribution in [-0.2, 0) is 5.41 Å². The summed E-state index contributed by atoms with van der Waals surface area (Å²) in [5.74, 6) is 0. The molecule has 0 saturated heterocycles. The van der Waals surface area contributed by atoms with Crippen LogP contribution in [0.4, 0.5) is 5.69 Å². The van der Waals surface area contributed by atoms with Crippen LogP contribution in [0.15, 0.2) is 168 Å². The summed E-state index contributed by atoms with van der Waals surface area (Å²) in [5.41, 5.74) is 14.2. The van der Waals surface area contributed by atoms with Gasteiger partial charge in [0.25, 0.3) is 0 Å². The maximum atomic E-state index is 9.58. The van der Waals surface area contributed by atoms with Gasteiger partial charge in [0.15, 0.2) is 0 Å². The molecule has 2 heteroatoms. The first-order valence-electron chi connectivity index (χ1n) is 17.6. The molecule has 7 aromatic rings. The van der Waals surface area contributed by atoms with E-state index in [0.717, 1.165) is 28.1 Å². The van der Waals surface area contributed by atoms with Crippen molar-refractivity contribution in [3.63, 3.8) is 0 Å². The van der Waals surface area contributed by atoms with Crippen LogP contribution in [0.3, 0.4) is 0 Å². The Morgan fingerprint density at radius 1 is 0.608 bits per heavy atom. The molecule has 8 rings (SSSR count). The molecule has 0 aliphatic heterocycles. The van der Waals surface area contributed by atoms with E-state index in [1.165, 1.54) is 60.5 Å². The quantitative estimate of drug-likeness (QED) is 0.130. The molecule has 0 saturated carbocycles. The number of nitriles is 1. The Balaban J connectivity index is 1.26. The van der Waals surface area contributed by atoms with Gasteiger partial charge >= 0.3 is 0 Å². The van der Waals surface area contributed by atoms with Crippen molar-refractivity contribution in [1.29, 1.82) is 5.26 Å². The predicted molar refractivity (Wildman–Crippen MR) is 216 cm³/mol. The van der Waals surface area contributed by atoms with E-state index < -0.39 is 0 Å². The standard InChI is InChI=1S/C49H38N2/c1-5-12-33(6-2)48(51-41-22-20-34-13-7-8-14-36(34)28-41)40-27-38-15-9-10-18-42(38)45(29-40)39-17-11-16-35(26-39)37-21-24-44-43-23-19-32(31-50)25-46(43)49(3,4)47(44)30-37/h5-30H,1-4H3/b12-5-,33-6+,51-48?. The first-order chi connectivity index (χ1) is 24.9. The molecule has 0 amide bonds. The summed E-state index contributed by atoms with van der Waals surface area (Å²) in [7, 11) is 0. The molecule has 2 nitrogen and oxygen atoms in total. The Morgan fingerprint density at radius 3 is 2.10 bits per heavy atom. The van der Waals surface area contributed by atoms with Crippen molar-refractivity contribution in [3.05, 3.63) is 186 Å². The SMILES string of the molecule is C/C=C\C(=C/C)C(=Nc1ccc2ccccc2c1)c1cc(-c2cccc(-c3ccc4c(c3)C(C)(C)c3cc(C#N)ccc3-4)c2)c2ccccc2c1. The first-order valence-corrected chi connectivity index (χ1v) is 17.6. The van der Waals surface area contributed by atoms with E-state index in [-0.39, 0.29) is 5.41 Å². The van der Waals surface area contributed by atoms with Crippen LogP contribution in [0.2, 0.25) is 0 Å². The summed E-state index contributed by atoms with van der Waals surface area (Å²) < 4.78 is 0. The molecule has 1 aliphatic carbocycles. The van der Waals surface area contributed by atoms with Crippen molar-refractivity contribution in [2.24, 2.45) is 4.99 Å². The lowest BCUT2D eigenvalue weighted by atomic mass is 9.81. The van der Waals surface area contributed by atoms with Crippen LogP contribution < -0.4 is 0 Å². The molecular weight excluding hydrogens is 617 g/mol. The molecule has 0 radical (unpaired) electrons. The highest BCUT2D eigenvalue weighted by Crippen LogP contribution is 2.50. The Morgan fingerprint density at radius 2 is 1.31 bits per heavy atom.